The molecule has 1 fully saturated rings. The monoisotopic (exact) mass is 345 g/mol. The van der Waals surface area contributed by atoms with Crippen LogP contribution in [0.5, 0.6) is 0 Å². The Hall–Kier alpha value is -2.18. The van der Waals surface area contributed by atoms with Gasteiger partial charge in [0.25, 0.3) is 0 Å². The third kappa shape index (κ3) is 3.07. The van der Waals surface area contributed by atoms with Gasteiger partial charge in [0.05, 0.1) is 10.5 Å². The summed E-state index contributed by atoms with van der Waals surface area (Å²) in [5.74, 6) is -0.959. The Morgan fingerprint density at radius 3 is 2.54 bits per heavy atom. The molecule has 1 N–H and O–H groups in total. The Morgan fingerprint density at radius 2 is 1.88 bits per heavy atom. The molecule has 1 heterocycles. The third-order valence-corrected chi connectivity index (χ3v) is 6.48. The Labute approximate surface area is 141 Å². The lowest BCUT2D eigenvalue weighted by Gasteiger charge is -2.18. The number of rotatable bonds is 4. The van der Waals surface area contributed by atoms with Crippen LogP contribution in [0, 0.1) is 6.92 Å². The molecule has 126 valence electrons. The number of carboxylic acids is 1. The summed E-state index contributed by atoms with van der Waals surface area (Å²) in [5.41, 5.74) is 1.67. The van der Waals surface area contributed by atoms with Gasteiger partial charge < -0.3 is 5.11 Å². The first-order chi connectivity index (χ1) is 11.4. The number of benzene rings is 2. The minimum Gasteiger partial charge on any atom is -0.478 e. The highest BCUT2D eigenvalue weighted by molar-refractivity contribution is 7.89. The molecule has 2 aromatic rings. The normalized spacial score (nSPS) is 18.6. The second-order valence-electron chi connectivity index (χ2n) is 6.04. The van der Waals surface area contributed by atoms with Gasteiger partial charge in [0.1, 0.15) is 0 Å². The van der Waals surface area contributed by atoms with Gasteiger partial charge in [-0.1, -0.05) is 36.4 Å². The Balaban J connectivity index is 1.90. The van der Waals surface area contributed by atoms with Crippen LogP contribution in [-0.4, -0.2) is 36.9 Å². The minimum absolute atomic E-state index is 0.0158. The number of carbonyl (C=O) groups is 1. The van der Waals surface area contributed by atoms with Crippen molar-refractivity contribution < 1.29 is 18.3 Å². The molecule has 1 atom stereocenters. The predicted molar refractivity (Wildman–Crippen MR) is 90.7 cm³/mol. The molecule has 0 radical (unpaired) electrons. The first-order valence-electron chi connectivity index (χ1n) is 7.78. The smallest absolute Gasteiger partial charge is 0.335 e. The molecule has 5 nitrogen and oxygen atoms in total. The van der Waals surface area contributed by atoms with Gasteiger partial charge >= 0.3 is 5.97 Å². The lowest BCUT2D eigenvalue weighted by atomic mass is 9.99. The molecule has 1 aliphatic heterocycles. The maximum Gasteiger partial charge on any atom is 0.335 e. The van der Waals surface area contributed by atoms with Crippen LogP contribution in [0.1, 0.15) is 33.8 Å². The zero-order valence-electron chi connectivity index (χ0n) is 13.3. The van der Waals surface area contributed by atoms with Gasteiger partial charge in [0, 0.05) is 13.1 Å². The van der Waals surface area contributed by atoms with E-state index in [9.17, 15) is 13.2 Å². The van der Waals surface area contributed by atoms with Gasteiger partial charge in [0.2, 0.25) is 10.0 Å². The molecule has 0 spiro atoms. The fourth-order valence-corrected chi connectivity index (χ4v) is 4.84. The SMILES string of the molecule is Cc1ccc(C(=O)O)cc1S(=O)(=O)N1CCC(c2ccccc2)C1. The van der Waals surface area contributed by atoms with Crippen LogP contribution in [-0.2, 0) is 10.0 Å². The number of sulfonamides is 1. The summed E-state index contributed by atoms with van der Waals surface area (Å²) in [6.45, 7) is 2.55. The summed E-state index contributed by atoms with van der Waals surface area (Å²) in [7, 11) is -3.70. The van der Waals surface area contributed by atoms with E-state index in [1.54, 1.807) is 13.0 Å². The van der Waals surface area contributed by atoms with Crippen molar-refractivity contribution in [2.75, 3.05) is 13.1 Å². The molecular weight excluding hydrogens is 326 g/mol. The molecule has 24 heavy (non-hydrogen) atoms. The molecule has 0 saturated carbocycles. The highest BCUT2D eigenvalue weighted by atomic mass is 32.2. The van der Waals surface area contributed by atoms with Crippen molar-refractivity contribution in [2.45, 2.75) is 24.2 Å². The fraction of sp³-hybridized carbons (Fsp3) is 0.278. The van der Waals surface area contributed by atoms with Crippen molar-refractivity contribution in [1.29, 1.82) is 0 Å². The third-order valence-electron chi connectivity index (χ3n) is 4.47. The summed E-state index contributed by atoms with van der Waals surface area (Å²) in [4.78, 5) is 11.2. The van der Waals surface area contributed by atoms with Gasteiger partial charge in [-0.15, -0.1) is 0 Å². The average Bonchev–Trinajstić information content (AvgIpc) is 3.06. The maximum absolute atomic E-state index is 12.9. The van der Waals surface area contributed by atoms with Crippen LogP contribution in [0.3, 0.4) is 0 Å². The molecule has 6 heteroatoms. The van der Waals surface area contributed by atoms with Crippen LogP contribution in [0.4, 0.5) is 0 Å². The number of hydrogen-bond donors (Lipinski definition) is 1. The molecule has 0 amide bonds. The van der Waals surface area contributed by atoms with Gasteiger partial charge in [-0.05, 0) is 42.5 Å². The first kappa shape index (κ1) is 16.7. The molecule has 3 rings (SSSR count). The van der Waals surface area contributed by atoms with E-state index < -0.39 is 16.0 Å². The predicted octanol–water partition coefficient (Wildman–Crippen LogP) is 2.87. The summed E-state index contributed by atoms with van der Waals surface area (Å²) >= 11 is 0. The second kappa shape index (κ2) is 6.37. The summed E-state index contributed by atoms with van der Waals surface area (Å²) < 4.78 is 27.3. The lowest BCUT2D eigenvalue weighted by molar-refractivity contribution is 0.0696. The number of aromatic carboxylic acids is 1. The first-order valence-corrected chi connectivity index (χ1v) is 9.22. The van der Waals surface area contributed by atoms with Crippen LogP contribution >= 0.6 is 0 Å². The molecule has 1 aliphatic rings. The Kier molecular flexibility index (Phi) is 4.43. The number of carboxylic acid groups (broad SMARTS) is 1. The molecule has 1 unspecified atom stereocenters. The summed E-state index contributed by atoms with van der Waals surface area (Å²) in [6, 6.07) is 14.1. The van der Waals surface area contributed by atoms with Gasteiger partial charge in [0.15, 0.2) is 0 Å². The quantitative estimate of drug-likeness (QED) is 0.924. The average molecular weight is 345 g/mol. The van der Waals surface area contributed by atoms with Gasteiger partial charge in [-0.25, -0.2) is 13.2 Å². The zero-order chi connectivity index (χ0) is 17.3. The van der Waals surface area contributed by atoms with E-state index in [1.165, 1.54) is 16.4 Å². The van der Waals surface area contributed by atoms with Gasteiger partial charge in [-0.3, -0.25) is 0 Å². The van der Waals surface area contributed by atoms with Crippen molar-refractivity contribution in [3.05, 3.63) is 65.2 Å². The topological polar surface area (TPSA) is 74.7 Å². The highest BCUT2D eigenvalue weighted by Gasteiger charge is 2.34. The fourth-order valence-electron chi connectivity index (χ4n) is 3.09. The van der Waals surface area contributed by atoms with E-state index in [-0.39, 0.29) is 16.4 Å². The van der Waals surface area contributed by atoms with Crippen molar-refractivity contribution in [3.8, 4) is 0 Å². The van der Waals surface area contributed by atoms with Crippen molar-refractivity contribution in [2.24, 2.45) is 0 Å². The van der Waals surface area contributed by atoms with E-state index in [1.807, 2.05) is 30.3 Å². The number of nitrogens with zero attached hydrogens (tertiary/aromatic N) is 1. The lowest BCUT2D eigenvalue weighted by Crippen LogP contribution is -2.29. The van der Waals surface area contributed by atoms with Crippen molar-refractivity contribution in [1.82, 2.24) is 4.31 Å². The standard InChI is InChI=1S/C18H19NO4S/c1-13-7-8-15(18(20)21)11-17(13)24(22,23)19-10-9-16(12-19)14-5-3-2-4-6-14/h2-8,11,16H,9-10,12H2,1H3,(H,20,21). The minimum atomic E-state index is -3.70. The number of hydrogen-bond acceptors (Lipinski definition) is 3. The maximum atomic E-state index is 12.9. The van der Waals surface area contributed by atoms with Crippen LogP contribution in [0.25, 0.3) is 0 Å². The second-order valence-corrected chi connectivity index (χ2v) is 7.95. The molecule has 0 aromatic heterocycles. The van der Waals surface area contributed by atoms with E-state index in [0.29, 0.717) is 18.7 Å². The molecule has 2 aromatic carbocycles. The van der Waals surface area contributed by atoms with E-state index in [2.05, 4.69) is 0 Å². The van der Waals surface area contributed by atoms with E-state index in [4.69, 9.17) is 5.11 Å². The van der Waals surface area contributed by atoms with Crippen LogP contribution < -0.4 is 0 Å². The van der Waals surface area contributed by atoms with Gasteiger partial charge in [-0.2, -0.15) is 4.31 Å². The highest BCUT2D eigenvalue weighted by Crippen LogP contribution is 2.32. The zero-order valence-corrected chi connectivity index (χ0v) is 14.2. The molecular formula is C18H19NO4S. The van der Waals surface area contributed by atoms with Crippen LogP contribution in [0.15, 0.2) is 53.4 Å². The Morgan fingerprint density at radius 1 is 1.17 bits per heavy atom. The molecule has 0 bridgehead atoms. The molecule has 1 saturated heterocycles. The Bertz CT molecular complexity index is 862. The van der Waals surface area contributed by atoms with E-state index >= 15 is 0 Å². The largest absolute Gasteiger partial charge is 0.478 e. The van der Waals surface area contributed by atoms with Crippen molar-refractivity contribution >= 4 is 16.0 Å². The molecule has 0 aliphatic carbocycles. The van der Waals surface area contributed by atoms with Crippen molar-refractivity contribution in [3.63, 3.8) is 0 Å². The summed E-state index contributed by atoms with van der Waals surface area (Å²) in [5, 5.41) is 9.11. The van der Waals surface area contributed by atoms with Crippen LogP contribution in [0.2, 0.25) is 0 Å². The number of aryl methyl sites for hydroxylation is 1. The summed E-state index contributed by atoms with van der Waals surface area (Å²) in [6.07, 6.45) is 0.765. The van der Waals surface area contributed by atoms with E-state index in [0.717, 1.165) is 12.0 Å².